The zero-order valence-corrected chi connectivity index (χ0v) is 31.9. The van der Waals surface area contributed by atoms with Gasteiger partial charge in [-0.2, -0.15) is 5.10 Å². The second kappa shape index (κ2) is 15.7. The summed E-state index contributed by atoms with van der Waals surface area (Å²) in [6.45, 7) is 10.9. The van der Waals surface area contributed by atoms with E-state index in [1.807, 2.05) is 112 Å². The molecule has 12 nitrogen and oxygen atoms in total. The summed E-state index contributed by atoms with van der Waals surface area (Å²) in [6.07, 6.45) is -0.487. The van der Waals surface area contributed by atoms with Crippen LogP contribution in [-0.2, 0) is 24.8 Å². The molecule has 0 radical (unpaired) electrons. The van der Waals surface area contributed by atoms with Crippen LogP contribution in [0.5, 0.6) is 17.4 Å². The molecule has 1 amide bonds. The van der Waals surface area contributed by atoms with Gasteiger partial charge in [-0.25, -0.2) is 9.59 Å². The summed E-state index contributed by atoms with van der Waals surface area (Å²) in [7, 11) is 1.90. The predicted octanol–water partition coefficient (Wildman–Crippen LogP) is 8.73. The number of fused-ring (bicyclic) bond motifs is 2. The zero-order chi connectivity index (χ0) is 38.7. The Morgan fingerprint density at radius 1 is 0.873 bits per heavy atom. The first-order valence-corrected chi connectivity index (χ1v) is 18.6. The van der Waals surface area contributed by atoms with Gasteiger partial charge in [0.25, 0.3) is 0 Å². The molecule has 6 aromatic rings. The molecule has 7 rings (SSSR count). The third kappa shape index (κ3) is 8.33. The van der Waals surface area contributed by atoms with Crippen molar-refractivity contribution < 1.29 is 33.6 Å². The normalized spacial score (nSPS) is 13.3. The van der Waals surface area contributed by atoms with Gasteiger partial charge in [0.05, 0.1) is 12.1 Å². The second-order valence-corrected chi connectivity index (χ2v) is 14.7. The Balaban J connectivity index is 1.05. The average molecular weight is 746 g/mol. The third-order valence-corrected chi connectivity index (χ3v) is 9.85. The van der Waals surface area contributed by atoms with Gasteiger partial charge in [0.15, 0.2) is 0 Å². The molecule has 55 heavy (non-hydrogen) atoms. The van der Waals surface area contributed by atoms with Crippen LogP contribution in [0.2, 0.25) is 0 Å². The first kappa shape index (κ1) is 37.2. The number of amides is 1. The molecule has 12 heteroatoms. The SMILES string of the molecule is Cc1c(-c2cccc3c(CCCOc4cccc5ccccc45)c(OC(=O)O)[nH]c23)c(COc2ccc(N3CCN(C(=O)OC(C)(C)C)CC3)cc2)nn1C. The minimum Gasteiger partial charge on any atom is -0.493 e. The smallest absolute Gasteiger partial charge is 0.493 e. The molecule has 2 aromatic heterocycles. The molecule has 0 atom stereocenters. The number of carbonyl (C=O) groups is 2. The number of H-pyrrole nitrogens is 1. The van der Waals surface area contributed by atoms with Gasteiger partial charge in [0.2, 0.25) is 5.88 Å². The molecule has 0 unspecified atom stereocenters. The van der Waals surface area contributed by atoms with E-state index < -0.39 is 11.8 Å². The predicted molar refractivity (Wildman–Crippen MR) is 212 cm³/mol. The Morgan fingerprint density at radius 2 is 1.58 bits per heavy atom. The summed E-state index contributed by atoms with van der Waals surface area (Å²) in [5.41, 5.74) is 5.52. The van der Waals surface area contributed by atoms with Gasteiger partial charge in [0, 0.05) is 72.1 Å². The van der Waals surface area contributed by atoms with Crippen LogP contribution >= 0.6 is 0 Å². The van der Waals surface area contributed by atoms with Crippen molar-refractivity contribution in [2.75, 3.05) is 37.7 Å². The Labute approximate surface area is 320 Å². The molecule has 0 spiro atoms. The largest absolute Gasteiger partial charge is 0.512 e. The number of benzene rings is 4. The zero-order valence-electron chi connectivity index (χ0n) is 31.9. The molecule has 1 fully saturated rings. The lowest BCUT2D eigenvalue weighted by Crippen LogP contribution is -2.50. The molecule has 1 aliphatic heterocycles. The minimum absolute atomic E-state index is 0.200. The maximum atomic E-state index is 12.5. The van der Waals surface area contributed by atoms with Crippen LogP contribution in [0, 0.1) is 6.92 Å². The van der Waals surface area contributed by atoms with Crippen molar-refractivity contribution >= 4 is 39.6 Å². The number of hydrogen-bond donors (Lipinski definition) is 2. The highest BCUT2D eigenvalue weighted by atomic mass is 16.7. The summed E-state index contributed by atoms with van der Waals surface area (Å²) < 4.78 is 25.1. The number of anilines is 1. The first-order valence-electron chi connectivity index (χ1n) is 18.6. The maximum Gasteiger partial charge on any atom is 0.512 e. The molecule has 286 valence electrons. The lowest BCUT2D eigenvalue weighted by Gasteiger charge is -2.36. The van der Waals surface area contributed by atoms with Gasteiger partial charge < -0.3 is 38.8 Å². The topological polar surface area (TPSA) is 131 Å². The number of aromatic nitrogens is 3. The van der Waals surface area contributed by atoms with Crippen molar-refractivity contribution in [2.24, 2.45) is 7.05 Å². The molecule has 0 bridgehead atoms. The molecule has 4 aromatic carbocycles. The summed E-state index contributed by atoms with van der Waals surface area (Å²) in [4.78, 5) is 31.6. The fourth-order valence-electron chi connectivity index (χ4n) is 7.14. The van der Waals surface area contributed by atoms with Gasteiger partial charge in [-0.05, 0) is 76.3 Å². The summed E-state index contributed by atoms with van der Waals surface area (Å²) in [6, 6.07) is 28.0. The highest BCUT2D eigenvalue weighted by Gasteiger charge is 2.26. The van der Waals surface area contributed by atoms with Gasteiger partial charge in [-0.1, -0.05) is 54.6 Å². The molecule has 1 aliphatic rings. The minimum atomic E-state index is -1.39. The van der Waals surface area contributed by atoms with Gasteiger partial charge in [-0.15, -0.1) is 0 Å². The van der Waals surface area contributed by atoms with Crippen molar-refractivity contribution in [3.05, 3.63) is 102 Å². The Morgan fingerprint density at radius 3 is 2.33 bits per heavy atom. The van der Waals surface area contributed by atoms with Crippen molar-refractivity contribution in [3.8, 4) is 28.5 Å². The number of rotatable bonds is 11. The molecular weight excluding hydrogens is 699 g/mol. The lowest BCUT2D eigenvalue weighted by molar-refractivity contribution is 0.0240. The fraction of sp³-hybridized carbons (Fsp3) is 0.326. The molecule has 3 heterocycles. The van der Waals surface area contributed by atoms with Crippen LogP contribution in [0.25, 0.3) is 32.8 Å². The molecule has 1 saturated heterocycles. The Bertz CT molecular complexity index is 2310. The summed E-state index contributed by atoms with van der Waals surface area (Å²) in [5.74, 6) is 1.72. The van der Waals surface area contributed by atoms with Crippen molar-refractivity contribution in [1.82, 2.24) is 19.7 Å². The van der Waals surface area contributed by atoms with Crippen molar-refractivity contribution in [2.45, 2.75) is 52.7 Å². The van der Waals surface area contributed by atoms with Gasteiger partial charge in [-0.3, -0.25) is 4.68 Å². The van der Waals surface area contributed by atoms with Crippen LogP contribution in [0.1, 0.15) is 44.1 Å². The number of ether oxygens (including phenoxy) is 4. The lowest BCUT2D eigenvalue weighted by atomic mass is 9.99. The number of para-hydroxylation sites is 1. The Kier molecular flexibility index (Phi) is 10.6. The average Bonchev–Trinajstić information content (AvgIpc) is 3.66. The van der Waals surface area contributed by atoms with Crippen LogP contribution in [0.15, 0.2) is 84.9 Å². The van der Waals surface area contributed by atoms with E-state index in [1.54, 1.807) is 4.90 Å². The number of hydrogen-bond acceptors (Lipinski definition) is 8. The van der Waals surface area contributed by atoms with Crippen LogP contribution in [-0.4, -0.2) is 75.4 Å². The highest BCUT2D eigenvalue weighted by molar-refractivity contribution is 5.99. The summed E-state index contributed by atoms with van der Waals surface area (Å²) >= 11 is 0. The molecule has 0 saturated carbocycles. The van der Waals surface area contributed by atoms with Crippen LogP contribution < -0.4 is 19.1 Å². The van der Waals surface area contributed by atoms with Crippen molar-refractivity contribution in [1.29, 1.82) is 0 Å². The van der Waals surface area contributed by atoms with E-state index in [1.165, 1.54) is 0 Å². The van der Waals surface area contributed by atoms with E-state index >= 15 is 0 Å². The first-order chi connectivity index (χ1) is 26.4. The number of nitrogens with zero attached hydrogens (tertiary/aromatic N) is 4. The third-order valence-electron chi connectivity index (χ3n) is 9.85. The quantitative estimate of drug-likeness (QED) is 0.0987. The van der Waals surface area contributed by atoms with E-state index in [9.17, 15) is 14.7 Å². The van der Waals surface area contributed by atoms with Gasteiger partial charge in [0.1, 0.15) is 29.4 Å². The molecule has 2 N–H and O–H groups in total. The van der Waals surface area contributed by atoms with Gasteiger partial charge >= 0.3 is 12.2 Å². The fourth-order valence-corrected chi connectivity index (χ4v) is 7.14. The number of nitrogens with one attached hydrogen (secondary N) is 1. The highest BCUT2D eigenvalue weighted by Crippen LogP contribution is 2.39. The van der Waals surface area contributed by atoms with Crippen molar-refractivity contribution in [3.63, 3.8) is 0 Å². The monoisotopic (exact) mass is 745 g/mol. The Hall–Kier alpha value is -6.17. The number of aryl methyl sites for hydroxylation is 2. The number of carbonyl (C=O) groups excluding carboxylic acids is 1. The molecular formula is C43H47N5O7. The maximum absolute atomic E-state index is 12.5. The number of piperazine rings is 1. The second-order valence-electron chi connectivity index (χ2n) is 14.7. The van der Waals surface area contributed by atoms with Crippen LogP contribution in [0.4, 0.5) is 15.3 Å². The summed E-state index contributed by atoms with van der Waals surface area (Å²) in [5, 5.41) is 17.5. The standard InChI is InChI=1S/C43H47N5O7/c1-28-38(36(45-46(28)5)27-53-31-20-18-30(19-21-31)47-22-24-48(25-23-47)41(49)55-43(2,3)4)35-15-9-14-33-34(40(44-39(33)35)54-42(50)51)16-10-26-52-37-17-8-12-29-11-6-7-13-32(29)37/h6-9,11-15,17-21,44H,10,16,22-27H2,1-5H3,(H,50,51). The molecule has 0 aliphatic carbocycles. The number of aromatic amines is 1. The van der Waals surface area contributed by atoms with E-state index in [0.29, 0.717) is 51.4 Å². The van der Waals surface area contributed by atoms with E-state index in [4.69, 9.17) is 24.0 Å². The van der Waals surface area contributed by atoms with Crippen LogP contribution in [0.3, 0.4) is 0 Å². The van der Waals surface area contributed by atoms with E-state index in [2.05, 4.69) is 22.0 Å². The van der Waals surface area contributed by atoms with E-state index in [-0.39, 0.29) is 18.6 Å². The van der Waals surface area contributed by atoms with E-state index in [0.717, 1.165) is 61.2 Å². The number of carboxylic acid groups (broad SMARTS) is 1.